The van der Waals surface area contributed by atoms with Crippen molar-refractivity contribution in [2.75, 3.05) is 0 Å². The number of para-hydroxylation sites is 1. The first-order chi connectivity index (χ1) is 13.5. The topological polar surface area (TPSA) is 34.9 Å². The molecule has 0 saturated carbocycles. The third kappa shape index (κ3) is 3.44. The summed E-state index contributed by atoms with van der Waals surface area (Å²) in [5.74, 6) is -0.629. The van der Waals surface area contributed by atoms with Gasteiger partial charge in [0.2, 0.25) is 0 Å². The molecule has 3 nitrogen and oxygen atoms in total. The molecule has 0 N–H and O–H groups in total. The lowest BCUT2D eigenvalue weighted by Crippen LogP contribution is -2.22. The summed E-state index contributed by atoms with van der Waals surface area (Å²) in [5.41, 5.74) is 1.21. The van der Waals surface area contributed by atoms with Crippen LogP contribution < -0.4 is 5.56 Å². The molecule has 1 heterocycles. The van der Waals surface area contributed by atoms with Gasteiger partial charge >= 0.3 is 0 Å². The highest BCUT2D eigenvalue weighted by Crippen LogP contribution is 2.21. The molecule has 0 bridgehead atoms. The number of hydrogen-bond acceptors (Lipinski definition) is 2. The Hall–Kier alpha value is -3.31. The molecule has 0 amide bonds. The van der Waals surface area contributed by atoms with Crippen molar-refractivity contribution in [3.63, 3.8) is 0 Å². The molecule has 138 valence electrons. The minimum atomic E-state index is -0.580. The molecule has 0 aliphatic carbocycles. The van der Waals surface area contributed by atoms with Crippen LogP contribution in [0, 0.1) is 11.6 Å². The molecule has 4 rings (SSSR count). The lowest BCUT2D eigenvalue weighted by molar-refractivity contribution is 0.627. The SMILES string of the molecule is O=c1c2ccccc2nc(/C=C/c2cccc(F)c2)n1-c1ccc(F)c(Cl)c1. The van der Waals surface area contributed by atoms with Crippen molar-refractivity contribution >= 4 is 34.7 Å². The van der Waals surface area contributed by atoms with Gasteiger partial charge in [-0.2, -0.15) is 0 Å². The Morgan fingerprint density at radius 2 is 1.75 bits per heavy atom. The van der Waals surface area contributed by atoms with Gasteiger partial charge in [0.05, 0.1) is 21.6 Å². The molecule has 0 fully saturated rings. The van der Waals surface area contributed by atoms with Crippen LogP contribution in [0.1, 0.15) is 11.4 Å². The predicted octanol–water partition coefficient (Wildman–Crippen LogP) is 5.49. The Morgan fingerprint density at radius 3 is 2.54 bits per heavy atom. The highest BCUT2D eigenvalue weighted by atomic mass is 35.5. The zero-order valence-electron chi connectivity index (χ0n) is 14.4. The molecule has 0 unspecified atom stereocenters. The van der Waals surface area contributed by atoms with Crippen molar-refractivity contribution < 1.29 is 8.78 Å². The Bertz CT molecular complexity index is 1280. The zero-order valence-corrected chi connectivity index (χ0v) is 15.2. The van der Waals surface area contributed by atoms with Gasteiger partial charge in [-0.1, -0.05) is 41.9 Å². The van der Waals surface area contributed by atoms with Crippen molar-refractivity contribution in [1.29, 1.82) is 0 Å². The van der Waals surface area contributed by atoms with Crippen molar-refractivity contribution in [2.24, 2.45) is 0 Å². The van der Waals surface area contributed by atoms with Crippen LogP contribution in [0.25, 0.3) is 28.7 Å². The highest BCUT2D eigenvalue weighted by molar-refractivity contribution is 6.30. The number of hydrogen-bond donors (Lipinski definition) is 0. The standard InChI is InChI=1S/C22H13ClF2N2O/c23-18-13-16(9-10-19(18)25)27-21(11-8-14-4-3-5-15(24)12-14)26-20-7-2-1-6-17(20)22(27)28/h1-13H/b11-8+. The van der Waals surface area contributed by atoms with E-state index in [0.29, 0.717) is 28.0 Å². The molecule has 0 aliphatic rings. The fourth-order valence-corrected chi connectivity index (χ4v) is 3.09. The van der Waals surface area contributed by atoms with Crippen LogP contribution in [0.4, 0.5) is 8.78 Å². The Kier molecular flexibility index (Phi) is 4.75. The average Bonchev–Trinajstić information content (AvgIpc) is 2.69. The summed E-state index contributed by atoms with van der Waals surface area (Å²) in [6, 6.07) is 17.0. The average molecular weight is 395 g/mol. The normalized spacial score (nSPS) is 11.4. The molecule has 0 radical (unpaired) electrons. The van der Waals surface area contributed by atoms with E-state index in [9.17, 15) is 13.6 Å². The van der Waals surface area contributed by atoms with Crippen LogP contribution in [-0.2, 0) is 0 Å². The van der Waals surface area contributed by atoms with Gasteiger partial charge in [0.15, 0.2) is 0 Å². The minimum absolute atomic E-state index is 0.0994. The molecule has 4 aromatic rings. The third-order valence-corrected chi connectivity index (χ3v) is 4.53. The first kappa shape index (κ1) is 18.1. The minimum Gasteiger partial charge on any atom is -0.268 e. The molecule has 28 heavy (non-hydrogen) atoms. The summed E-state index contributed by atoms with van der Waals surface area (Å²) in [4.78, 5) is 17.7. The summed E-state index contributed by atoms with van der Waals surface area (Å²) in [5, 5.41) is 0.323. The van der Waals surface area contributed by atoms with Crippen molar-refractivity contribution in [3.05, 3.63) is 105 Å². The number of aromatic nitrogens is 2. The van der Waals surface area contributed by atoms with E-state index < -0.39 is 5.82 Å². The molecule has 1 aromatic heterocycles. The van der Waals surface area contributed by atoms with Gasteiger partial charge < -0.3 is 0 Å². The maximum absolute atomic E-state index is 13.6. The number of rotatable bonds is 3. The summed E-state index contributed by atoms with van der Waals surface area (Å²) in [7, 11) is 0. The molecule has 0 saturated heterocycles. The van der Waals surface area contributed by atoms with E-state index in [1.807, 2.05) is 0 Å². The maximum Gasteiger partial charge on any atom is 0.266 e. The van der Waals surface area contributed by atoms with Crippen LogP contribution in [-0.4, -0.2) is 9.55 Å². The van der Waals surface area contributed by atoms with E-state index in [2.05, 4.69) is 4.98 Å². The lowest BCUT2D eigenvalue weighted by Gasteiger charge is -2.12. The van der Waals surface area contributed by atoms with Crippen LogP contribution in [0.2, 0.25) is 5.02 Å². The molecular formula is C22H13ClF2N2O. The molecule has 0 spiro atoms. The number of fused-ring (bicyclic) bond motifs is 1. The Morgan fingerprint density at radius 1 is 0.929 bits per heavy atom. The molecular weight excluding hydrogens is 382 g/mol. The second-order valence-corrected chi connectivity index (χ2v) is 6.52. The second kappa shape index (κ2) is 7.37. The molecule has 0 atom stereocenters. The molecule has 6 heteroatoms. The zero-order chi connectivity index (χ0) is 19.7. The van der Waals surface area contributed by atoms with Gasteiger partial charge in [-0.15, -0.1) is 0 Å². The predicted molar refractivity (Wildman–Crippen MR) is 108 cm³/mol. The number of nitrogens with zero attached hydrogens (tertiary/aromatic N) is 2. The van der Waals surface area contributed by atoms with Gasteiger partial charge in [-0.05, 0) is 54.1 Å². The first-order valence-corrected chi connectivity index (χ1v) is 8.81. The van der Waals surface area contributed by atoms with Gasteiger partial charge in [-0.3, -0.25) is 9.36 Å². The summed E-state index contributed by atoms with van der Waals surface area (Å²) >= 11 is 5.91. The first-order valence-electron chi connectivity index (χ1n) is 8.44. The highest BCUT2D eigenvalue weighted by Gasteiger charge is 2.12. The maximum atomic E-state index is 13.6. The summed E-state index contributed by atoms with van der Waals surface area (Å²) in [6.07, 6.45) is 3.27. The van der Waals surface area contributed by atoms with Crippen molar-refractivity contribution in [2.45, 2.75) is 0 Å². The summed E-state index contributed by atoms with van der Waals surface area (Å²) in [6.45, 7) is 0. The van der Waals surface area contributed by atoms with Crippen LogP contribution >= 0.6 is 11.6 Å². The van der Waals surface area contributed by atoms with Crippen LogP contribution in [0.5, 0.6) is 0 Å². The van der Waals surface area contributed by atoms with Crippen LogP contribution in [0.15, 0.2) is 71.5 Å². The van der Waals surface area contributed by atoms with Crippen molar-refractivity contribution in [1.82, 2.24) is 9.55 Å². The smallest absolute Gasteiger partial charge is 0.266 e. The van der Waals surface area contributed by atoms with E-state index in [0.717, 1.165) is 0 Å². The summed E-state index contributed by atoms with van der Waals surface area (Å²) < 4.78 is 28.4. The number of benzene rings is 3. The fraction of sp³-hybridized carbons (Fsp3) is 0. The van der Waals surface area contributed by atoms with E-state index in [-0.39, 0.29) is 16.4 Å². The van der Waals surface area contributed by atoms with E-state index in [1.165, 1.54) is 34.9 Å². The van der Waals surface area contributed by atoms with Gasteiger partial charge in [0.1, 0.15) is 17.5 Å². The Labute approximate surface area is 164 Å². The monoisotopic (exact) mass is 394 g/mol. The van der Waals surface area contributed by atoms with Crippen LogP contribution in [0.3, 0.4) is 0 Å². The fourth-order valence-electron chi connectivity index (χ4n) is 2.92. The van der Waals surface area contributed by atoms with E-state index in [1.54, 1.807) is 48.6 Å². The quantitative estimate of drug-likeness (QED) is 0.460. The van der Waals surface area contributed by atoms with Crippen molar-refractivity contribution in [3.8, 4) is 5.69 Å². The number of halogens is 3. The van der Waals surface area contributed by atoms with Gasteiger partial charge in [-0.25, -0.2) is 13.8 Å². The van der Waals surface area contributed by atoms with Gasteiger partial charge in [0.25, 0.3) is 5.56 Å². The van der Waals surface area contributed by atoms with E-state index in [4.69, 9.17) is 11.6 Å². The Balaban J connectivity index is 1.95. The molecule has 0 aliphatic heterocycles. The third-order valence-electron chi connectivity index (χ3n) is 4.24. The second-order valence-electron chi connectivity index (χ2n) is 6.11. The van der Waals surface area contributed by atoms with E-state index >= 15 is 0 Å². The molecule has 3 aromatic carbocycles. The van der Waals surface area contributed by atoms with Gasteiger partial charge in [0, 0.05) is 0 Å². The largest absolute Gasteiger partial charge is 0.268 e. The lowest BCUT2D eigenvalue weighted by atomic mass is 10.2.